The third kappa shape index (κ3) is 4.59. The lowest BCUT2D eigenvalue weighted by Gasteiger charge is -2.21. The first-order valence-electron chi connectivity index (χ1n) is 7.77. The monoisotopic (exact) mass is 306 g/mol. The summed E-state index contributed by atoms with van der Waals surface area (Å²) in [7, 11) is 5.52. The SMILES string of the molecule is COCC(=O)N1CCCC(Nc2ccc(N(C)C)nc2)CC1. The van der Waals surface area contributed by atoms with E-state index in [2.05, 4.69) is 16.4 Å². The van der Waals surface area contributed by atoms with Gasteiger partial charge in [-0.2, -0.15) is 0 Å². The maximum atomic E-state index is 11.9. The number of ether oxygens (including phenoxy) is 1. The Morgan fingerprint density at radius 3 is 2.86 bits per heavy atom. The fourth-order valence-electron chi connectivity index (χ4n) is 2.68. The van der Waals surface area contributed by atoms with E-state index in [-0.39, 0.29) is 12.5 Å². The van der Waals surface area contributed by atoms with Crippen LogP contribution < -0.4 is 10.2 Å². The van der Waals surface area contributed by atoms with Crippen molar-refractivity contribution in [3.05, 3.63) is 18.3 Å². The molecular formula is C16H26N4O2. The number of carbonyl (C=O) groups excluding carboxylic acids is 1. The summed E-state index contributed by atoms with van der Waals surface area (Å²) in [5.41, 5.74) is 1.03. The normalized spacial score (nSPS) is 18.7. The molecule has 122 valence electrons. The predicted octanol–water partition coefficient (Wildman–Crippen LogP) is 1.59. The van der Waals surface area contributed by atoms with Crippen molar-refractivity contribution in [2.24, 2.45) is 0 Å². The molecule has 1 unspecified atom stereocenters. The zero-order valence-corrected chi connectivity index (χ0v) is 13.7. The molecule has 2 rings (SSSR count). The van der Waals surface area contributed by atoms with E-state index in [0.717, 1.165) is 43.9 Å². The van der Waals surface area contributed by atoms with Gasteiger partial charge in [0.25, 0.3) is 0 Å². The molecule has 0 radical (unpaired) electrons. The lowest BCUT2D eigenvalue weighted by molar-refractivity contribution is -0.135. The van der Waals surface area contributed by atoms with E-state index in [9.17, 15) is 4.79 Å². The van der Waals surface area contributed by atoms with Gasteiger partial charge in [-0.05, 0) is 31.4 Å². The fraction of sp³-hybridized carbons (Fsp3) is 0.625. The first-order chi connectivity index (χ1) is 10.6. The van der Waals surface area contributed by atoms with E-state index >= 15 is 0 Å². The first kappa shape index (κ1) is 16.5. The smallest absolute Gasteiger partial charge is 0.248 e. The highest BCUT2D eigenvalue weighted by molar-refractivity contribution is 5.77. The molecule has 0 spiro atoms. The van der Waals surface area contributed by atoms with Gasteiger partial charge in [-0.15, -0.1) is 0 Å². The van der Waals surface area contributed by atoms with Crippen molar-refractivity contribution in [3.8, 4) is 0 Å². The number of nitrogens with one attached hydrogen (secondary N) is 1. The summed E-state index contributed by atoms with van der Waals surface area (Å²) in [5, 5.41) is 3.53. The summed E-state index contributed by atoms with van der Waals surface area (Å²) < 4.78 is 4.93. The lowest BCUT2D eigenvalue weighted by atomic mass is 10.1. The number of likely N-dealkylation sites (tertiary alicyclic amines) is 1. The highest BCUT2D eigenvalue weighted by Crippen LogP contribution is 2.18. The molecule has 0 aromatic carbocycles. The number of aromatic nitrogens is 1. The second-order valence-electron chi connectivity index (χ2n) is 5.89. The van der Waals surface area contributed by atoms with E-state index in [1.54, 1.807) is 7.11 Å². The minimum Gasteiger partial charge on any atom is -0.381 e. The molecule has 22 heavy (non-hydrogen) atoms. The molecule has 1 aromatic heterocycles. The van der Waals surface area contributed by atoms with Gasteiger partial charge in [0.1, 0.15) is 12.4 Å². The molecule has 2 heterocycles. The van der Waals surface area contributed by atoms with E-state index in [0.29, 0.717) is 6.04 Å². The topological polar surface area (TPSA) is 57.7 Å². The Balaban J connectivity index is 1.87. The molecule has 0 saturated carbocycles. The molecule has 6 heteroatoms. The number of anilines is 2. The quantitative estimate of drug-likeness (QED) is 0.895. The molecule has 1 N–H and O–H groups in total. The summed E-state index contributed by atoms with van der Waals surface area (Å²) in [4.78, 5) is 20.2. The fourth-order valence-corrected chi connectivity index (χ4v) is 2.68. The van der Waals surface area contributed by atoms with Crippen LogP contribution in [0.15, 0.2) is 18.3 Å². The van der Waals surface area contributed by atoms with Crippen LogP contribution in [0.25, 0.3) is 0 Å². The van der Waals surface area contributed by atoms with Crippen LogP contribution in [0.1, 0.15) is 19.3 Å². The zero-order chi connectivity index (χ0) is 15.9. The van der Waals surface area contributed by atoms with Gasteiger partial charge in [0.2, 0.25) is 5.91 Å². The molecular weight excluding hydrogens is 280 g/mol. The van der Waals surface area contributed by atoms with Crippen LogP contribution in [-0.4, -0.2) is 62.7 Å². The van der Waals surface area contributed by atoms with Crippen LogP contribution in [-0.2, 0) is 9.53 Å². The van der Waals surface area contributed by atoms with Gasteiger partial charge in [-0.3, -0.25) is 4.79 Å². The maximum Gasteiger partial charge on any atom is 0.248 e. The molecule has 1 atom stereocenters. The van der Waals surface area contributed by atoms with Gasteiger partial charge in [0, 0.05) is 40.3 Å². The van der Waals surface area contributed by atoms with Crippen molar-refractivity contribution in [2.75, 3.05) is 51.1 Å². The highest BCUT2D eigenvalue weighted by atomic mass is 16.5. The standard InChI is InChI=1S/C16H26N4O2/c1-19(2)15-7-6-14(11-17-15)18-13-5-4-9-20(10-8-13)16(21)12-22-3/h6-7,11,13,18H,4-5,8-10,12H2,1-3H3. The van der Waals surface area contributed by atoms with Crippen LogP contribution in [0, 0.1) is 0 Å². The minimum absolute atomic E-state index is 0.0835. The second-order valence-corrected chi connectivity index (χ2v) is 5.89. The van der Waals surface area contributed by atoms with E-state index in [1.165, 1.54) is 0 Å². The zero-order valence-electron chi connectivity index (χ0n) is 13.7. The number of methoxy groups -OCH3 is 1. The number of hydrogen-bond acceptors (Lipinski definition) is 5. The van der Waals surface area contributed by atoms with Crippen molar-refractivity contribution in [1.82, 2.24) is 9.88 Å². The largest absolute Gasteiger partial charge is 0.381 e. The van der Waals surface area contributed by atoms with Crippen LogP contribution in [0.3, 0.4) is 0 Å². The van der Waals surface area contributed by atoms with Crippen LogP contribution >= 0.6 is 0 Å². The summed E-state index contributed by atoms with van der Waals surface area (Å²) >= 11 is 0. The number of amides is 1. The van der Waals surface area contributed by atoms with Crippen LogP contribution in [0.4, 0.5) is 11.5 Å². The molecule has 1 amide bonds. The molecule has 6 nitrogen and oxygen atoms in total. The van der Waals surface area contributed by atoms with Crippen LogP contribution in [0.5, 0.6) is 0 Å². The third-order valence-electron chi connectivity index (χ3n) is 3.93. The van der Waals surface area contributed by atoms with Crippen molar-refractivity contribution in [3.63, 3.8) is 0 Å². The van der Waals surface area contributed by atoms with Gasteiger partial charge >= 0.3 is 0 Å². The third-order valence-corrected chi connectivity index (χ3v) is 3.93. The Bertz CT molecular complexity index is 476. The Kier molecular flexibility index (Phi) is 6.00. The van der Waals surface area contributed by atoms with Gasteiger partial charge in [-0.25, -0.2) is 4.98 Å². The van der Waals surface area contributed by atoms with Gasteiger partial charge in [0.15, 0.2) is 0 Å². The van der Waals surface area contributed by atoms with E-state index < -0.39 is 0 Å². The highest BCUT2D eigenvalue weighted by Gasteiger charge is 2.20. The number of nitrogens with zero attached hydrogens (tertiary/aromatic N) is 3. The molecule has 1 aliphatic heterocycles. The van der Waals surface area contributed by atoms with Crippen molar-refractivity contribution in [1.29, 1.82) is 0 Å². The second kappa shape index (κ2) is 7.98. The Labute approximate surface area is 132 Å². The first-order valence-corrected chi connectivity index (χ1v) is 7.77. The predicted molar refractivity (Wildman–Crippen MR) is 88.3 cm³/mol. The Morgan fingerprint density at radius 1 is 1.41 bits per heavy atom. The van der Waals surface area contributed by atoms with Gasteiger partial charge in [-0.1, -0.05) is 0 Å². The average molecular weight is 306 g/mol. The van der Waals surface area contributed by atoms with Crippen molar-refractivity contribution in [2.45, 2.75) is 25.3 Å². The molecule has 1 saturated heterocycles. The minimum atomic E-state index is 0.0835. The lowest BCUT2D eigenvalue weighted by Crippen LogP contribution is -2.35. The summed E-state index contributed by atoms with van der Waals surface area (Å²) in [5.74, 6) is 1.03. The summed E-state index contributed by atoms with van der Waals surface area (Å²) in [6.45, 7) is 1.77. The Morgan fingerprint density at radius 2 is 2.23 bits per heavy atom. The molecule has 0 bridgehead atoms. The number of pyridine rings is 1. The molecule has 1 aromatic rings. The van der Waals surface area contributed by atoms with Gasteiger partial charge < -0.3 is 19.9 Å². The number of carbonyl (C=O) groups is 1. The van der Waals surface area contributed by atoms with E-state index in [4.69, 9.17) is 4.74 Å². The number of hydrogen-bond donors (Lipinski definition) is 1. The van der Waals surface area contributed by atoms with Crippen molar-refractivity contribution < 1.29 is 9.53 Å². The summed E-state index contributed by atoms with van der Waals surface area (Å²) in [6.07, 6.45) is 4.89. The number of rotatable bonds is 5. The summed E-state index contributed by atoms with van der Waals surface area (Å²) in [6, 6.07) is 4.45. The molecule has 1 aliphatic rings. The maximum absolute atomic E-state index is 11.9. The van der Waals surface area contributed by atoms with Gasteiger partial charge in [0.05, 0.1) is 11.9 Å². The average Bonchev–Trinajstić information content (AvgIpc) is 2.74. The molecule has 1 fully saturated rings. The van der Waals surface area contributed by atoms with Crippen molar-refractivity contribution >= 4 is 17.4 Å². The van der Waals surface area contributed by atoms with E-state index in [1.807, 2.05) is 36.2 Å². The van der Waals surface area contributed by atoms with Crippen LogP contribution in [0.2, 0.25) is 0 Å². The Hall–Kier alpha value is -1.82. The molecule has 0 aliphatic carbocycles.